The van der Waals surface area contributed by atoms with E-state index in [0.717, 1.165) is 0 Å². The quantitative estimate of drug-likeness (QED) is 0.753. The van der Waals surface area contributed by atoms with Crippen LogP contribution in [0.3, 0.4) is 0 Å². The van der Waals surface area contributed by atoms with Crippen LogP contribution in [-0.4, -0.2) is 27.1 Å². The monoisotopic (exact) mass is 239 g/mol. The van der Waals surface area contributed by atoms with Crippen molar-refractivity contribution < 1.29 is 19.8 Å². The summed E-state index contributed by atoms with van der Waals surface area (Å²) in [6.07, 6.45) is 0. The zero-order chi connectivity index (χ0) is 13.3. The molecular formula is C12H17NO4. The Morgan fingerprint density at radius 1 is 1.00 bits per heavy atom. The first kappa shape index (κ1) is 13.3. The summed E-state index contributed by atoms with van der Waals surface area (Å²) < 4.78 is 0. The molecular weight excluding hydrogens is 222 g/mol. The third-order valence-corrected chi connectivity index (χ3v) is 2.65. The van der Waals surface area contributed by atoms with Gasteiger partial charge in [0, 0.05) is 5.69 Å². The molecule has 0 amide bonds. The molecule has 0 aliphatic heterocycles. The van der Waals surface area contributed by atoms with Gasteiger partial charge in [-0.15, -0.1) is 0 Å². The molecule has 0 aliphatic carbocycles. The summed E-state index contributed by atoms with van der Waals surface area (Å²) in [7, 11) is 0. The number of aromatic carboxylic acids is 2. The molecule has 0 spiro atoms. The number of rotatable bonds is 4. The van der Waals surface area contributed by atoms with Crippen molar-refractivity contribution in [1.29, 1.82) is 0 Å². The summed E-state index contributed by atoms with van der Waals surface area (Å²) in [5, 5.41) is 18.2. The van der Waals surface area contributed by atoms with E-state index >= 15 is 0 Å². The van der Waals surface area contributed by atoms with E-state index in [4.69, 9.17) is 10.2 Å². The SMILES string of the molecule is CC(C)c1[nH]c(C(=O)O)c(C(=O)O)c1C(C)C. The van der Waals surface area contributed by atoms with Gasteiger partial charge in [-0.3, -0.25) is 0 Å². The van der Waals surface area contributed by atoms with E-state index < -0.39 is 11.9 Å². The smallest absolute Gasteiger partial charge is 0.353 e. The van der Waals surface area contributed by atoms with Crippen LogP contribution in [0, 0.1) is 0 Å². The van der Waals surface area contributed by atoms with Crippen LogP contribution in [0.5, 0.6) is 0 Å². The van der Waals surface area contributed by atoms with E-state index in [2.05, 4.69) is 4.98 Å². The van der Waals surface area contributed by atoms with E-state index in [9.17, 15) is 9.59 Å². The van der Waals surface area contributed by atoms with Gasteiger partial charge in [0.05, 0.1) is 5.56 Å². The van der Waals surface area contributed by atoms with Gasteiger partial charge < -0.3 is 15.2 Å². The highest BCUT2D eigenvalue weighted by Crippen LogP contribution is 2.31. The number of carbonyl (C=O) groups is 2. The van der Waals surface area contributed by atoms with Crippen LogP contribution in [0.4, 0.5) is 0 Å². The largest absolute Gasteiger partial charge is 0.478 e. The van der Waals surface area contributed by atoms with Gasteiger partial charge in [-0.05, 0) is 17.4 Å². The Kier molecular flexibility index (Phi) is 3.60. The van der Waals surface area contributed by atoms with Gasteiger partial charge in [-0.2, -0.15) is 0 Å². The zero-order valence-corrected chi connectivity index (χ0v) is 10.4. The molecule has 0 aromatic carbocycles. The summed E-state index contributed by atoms with van der Waals surface area (Å²) in [6.45, 7) is 7.50. The fourth-order valence-electron chi connectivity index (χ4n) is 1.97. The van der Waals surface area contributed by atoms with E-state index in [1.165, 1.54) is 0 Å². The van der Waals surface area contributed by atoms with Gasteiger partial charge in [0.25, 0.3) is 0 Å². The maximum atomic E-state index is 11.2. The molecule has 0 fully saturated rings. The lowest BCUT2D eigenvalue weighted by Gasteiger charge is -2.11. The average Bonchev–Trinajstić information content (AvgIpc) is 2.56. The fourth-order valence-corrected chi connectivity index (χ4v) is 1.97. The molecule has 1 aromatic heterocycles. The van der Waals surface area contributed by atoms with Gasteiger partial charge in [-0.25, -0.2) is 9.59 Å². The van der Waals surface area contributed by atoms with Crippen molar-refractivity contribution in [3.8, 4) is 0 Å². The predicted molar refractivity (Wildman–Crippen MR) is 62.9 cm³/mol. The number of aromatic nitrogens is 1. The molecule has 5 heteroatoms. The molecule has 3 N–H and O–H groups in total. The second kappa shape index (κ2) is 4.61. The van der Waals surface area contributed by atoms with Crippen LogP contribution < -0.4 is 0 Å². The molecule has 0 saturated carbocycles. The molecule has 0 bridgehead atoms. The lowest BCUT2D eigenvalue weighted by atomic mass is 9.93. The normalized spacial score (nSPS) is 11.2. The first-order valence-electron chi connectivity index (χ1n) is 5.49. The lowest BCUT2D eigenvalue weighted by molar-refractivity contribution is 0.0647. The average molecular weight is 239 g/mol. The van der Waals surface area contributed by atoms with Crippen molar-refractivity contribution in [2.75, 3.05) is 0 Å². The first-order chi connectivity index (χ1) is 7.77. The number of carboxylic acid groups (broad SMARTS) is 2. The number of H-pyrrole nitrogens is 1. The number of hydrogen-bond acceptors (Lipinski definition) is 2. The van der Waals surface area contributed by atoms with Crippen molar-refractivity contribution in [1.82, 2.24) is 4.98 Å². The predicted octanol–water partition coefficient (Wildman–Crippen LogP) is 2.66. The van der Waals surface area contributed by atoms with Gasteiger partial charge in [0.2, 0.25) is 0 Å². The third-order valence-electron chi connectivity index (χ3n) is 2.65. The summed E-state index contributed by atoms with van der Waals surface area (Å²) in [5.41, 5.74) is 0.931. The van der Waals surface area contributed by atoms with Crippen molar-refractivity contribution in [3.63, 3.8) is 0 Å². The van der Waals surface area contributed by atoms with E-state index in [0.29, 0.717) is 11.3 Å². The van der Waals surface area contributed by atoms with Crippen LogP contribution in [0.15, 0.2) is 0 Å². The van der Waals surface area contributed by atoms with Gasteiger partial charge >= 0.3 is 11.9 Å². The molecule has 94 valence electrons. The Hall–Kier alpha value is -1.78. The van der Waals surface area contributed by atoms with Crippen molar-refractivity contribution in [2.24, 2.45) is 0 Å². The maximum Gasteiger partial charge on any atom is 0.353 e. The van der Waals surface area contributed by atoms with E-state index in [1.54, 1.807) is 0 Å². The Labute approximate surface area is 99.5 Å². The highest BCUT2D eigenvalue weighted by Gasteiger charge is 2.28. The Bertz CT molecular complexity index is 457. The molecule has 5 nitrogen and oxygen atoms in total. The Balaban J connectivity index is 3.61. The van der Waals surface area contributed by atoms with Crippen molar-refractivity contribution >= 4 is 11.9 Å². The minimum absolute atomic E-state index is 0.0390. The molecule has 0 atom stereocenters. The van der Waals surface area contributed by atoms with E-state index in [1.807, 2.05) is 27.7 Å². The number of carboxylic acids is 2. The Morgan fingerprint density at radius 2 is 1.53 bits per heavy atom. The van der Waals surface area contributed by atoms with Crippen LogP contribution >= 0.6 is 0 Å². The van der Waals surface area contributed by atoms with Crippen LogP contribution in [-0.2, 0) is 0 Å². The number of hydrogen-bond donors (Lipinski definition) is 3. The molecule has 0 saturated heterocycles. The zero-order valence-electron chi connectivity index (χ0n) is 10.4. The minimum atomic E-state index is -1.24. The molecule has 1 aromatic rings. The molecule has 17 heavy (non-hydrogen) atoms. The van der Waals surface area contributed by atoms with Crippen molar-refractivity contribution in [3.05, 3.63) is 22.5 Å². The van der Waals surface area contributed by atoms with Gasteiger partial charge in [0.15, 0.2) is 0 Å². The molecule has 0 unspecified atom stereocenters. The fraction of sp³-hybridized carbons (Fsp3) is 0.500. The van der Waals surface area contributed by atoms with Gasteiger partial charge in [0.1, 0.15) is 5.69 Å². The van der Waals surface area contributed by atoms with E-state index in [-0.39, 0.29) is 23.1 Å². The molecule has 0 aliphatic rings. The highest BCUT2D eigenvalue weighted by atomic mass is 16.4. The second-order valence-electron chi connectivity index (χ2n) is 4.62. The van der Waals surface area contributed by atoms with Crippen LogP contribution in [0.25, 0.3) is 0 Å². The topological polar surface area (TPSA) is 90.4 Å². The summed E-state index contributed by atoms with van der Waals surface area (Å²) >= 11 is 0. The molecule has 1 heterocycles. The second-order valence-corrected chi connectivity index (χ2v) is 4.62. The van der Waals surface area contributed by atoms with Crippen LogP contribution in [0.1, 0.15) is 71.6 Å². The molecule has 0 radical (unpaired) electrons. The number of aromatic amines is 1. The third kappa shape index (κ3) is 2.33. The Morgan fingerprint density at radius 3 is 1.82 bits per heavy atom. The van der Waals surface area contributed by atoms with Crippen LogP contribution in [0.2, 0.25) is 0 Å². The summed E-state index contributed by atoms with van der Waals surface area (Å²) in [5.74, 6) is -2.42. The van der Waals surface area contributed by atoms with Crippen molar-refractivity contribution in [2.45, 2.75) is 39.5 Å². The highest BCUT2D eigenvalue weighted by molar-refractivity contribution is 6.02. The maximum absolute atomic E-state index is 11.2. The van der Waals surface area contributed by atoms with Gasteiger partial charge in [-0.1, -0.05) is 27.7 Å². The number of nitrogens with one attached hydrogen (secondary N) is 1. The summed E-state index contributed by atoms with van der Waals surface area (Å²) in [4.78, 5) is 25.0. The lowest BCUT2D eigenvalue weighted by Crippen LogP contribution is -2.09. The standard InChI is InChI=1S/C12H17NO4/c1-5(2)7-8(11(14)15)10(12(16)17)13-9(7)6(3)4/h5-6,13H,1-4H3,(H,14,15)(H,16,17). The first-order valence-corrected chi connectivity index (χ1v) is 5.49. The summed E-state index contributed by atoms with van der Waals surface area (Å²) in [6, 6.07) is 0. The molecule has 1 rings (SSSR count). The minimum Gasteiger partial charge on any atom is -0.478 e.